The van der Waals surface area contributed by atoms with Gasteiger partial charge in [-0.1, -0.05) is 133 Å². The van der Waals surface area contributed by atoms with Gasteiger partial charge in [0.15, 0.2) is 0 Å². The molecule has 9 aromatic carbocycles. The highest BCUT2D eigenvalue weighted by atomic mass is 14.3. The van der Waals surface area contributed by atoms with Gasteiger partial charge in [0, 0.05) is 11.1 Å². The molecule has 46 heavy (non-hydrogen) atoms. The van der Waals surface area contributed by atoms with Gasteiger partial charge in [-0.05, 0) is 87.9 Å². The topological polar surface area (TPSA) is 47.6 Å². The summed E-state index contributed by atoms with van der Waals surface area (Å²) in [4.78, 5) is 0. The van der Waals surface area contributed by atoms with E-state index in [1.54, 1.807) is 0 Å². The highest BCUT2D eigenvalue weighted by molar-refractivity contribution is 6.30. The van der Waals surface area contributed by atoms with Crippen LogP contribution in [0, 0.1) is 22.7 Å². The van der Waals surface area contributed by atoms with E-state index in [-0.39, 0.29) is 0 Å². The fraction of sp³-hybridized carbons (Fsp3) is 0. The molecule has 0 heterocycles. The molecule has 0 fully saturated rings. The minimum Gasteiger partial charge on any atom is -0.192 e. The molecule has 0 aliphatic carbocycles. The monoisotopic (exact) mass is 580 g/mol. The molecule has 0 amide bonds. The molecule has 0 aliphatic heterocycles. The largest absolute Gasteiger partial charge is 0.192 e. The van der Waals surface area contributed by atoms with E-state index in [0.717, 1.165) is 54.6 Å². The zero-order valence-corrected chi connectivity index (χ0v) is 24.8. The summed E-state index contributed by atoms with van der Waals surface area (Å²) in [5, 5.41) is 35.1. The minimum absolute atomic E-state index is 0.521. The maximum absolute atomic E-state index is 11.0. The lowest BCUT2D eigenvalue weighted by Gasteiger charge is -2.18. The van der Waals surface area contributed by atoms with Crippen molar-refractivity contribution in [2.24, 2.45) is 0 Å². The predicted molar refractivity (Wildman–Crippen MR) is 192 cm³/mol. The quantitative estimate of drug-likeness (QED) is 0.191. The molecular formula is C44H24N2. The number of fused-ring (bicyclic) bond motifs is 12. The van der Waals surface area contributed by atoms with Gasteiger partial charge in [-0.3, -0.25) is 0 Å². The molecule has 9 aromatic rings. The zero-order valence-electron chi connectivity index (χ0n) is 24.8. The van der Waals surface area contributed by atoms with E-state index in [0.29, 0.717) is 11.1 Å². The van der Waals surface area contributed by atoms with Crippen LogP contribution < -0.4 is 0 Å². The molecule has 210 valence electrons. The van der Waals surface area contributed by atoms with Gasteiger partial charge in [-0.15, -0.1) is 0 Å². The lowest BCUT2D eigenvalue weighted by atomic mass is 9.83. The van der Waals surface area contributed by atoms with E-state index < -0.39 is 0 Å². The Hall–Kier alpha value is -6.48. The number of hydrogen-bond acceptors (Lipinski definition) is 2. The molecule has 0 atom stereocenters. The van der Waals surface area contributed by atoms with E-state index in [1.807, 2.05) is 12.1 Å². The third-order valence-electron chi connectivity index (χ3n) is 9.50. The average molecular weight is 581 g/mol. The van der Waals surface area contributed by atoms with Crippen LogP contribution in [0.15, 0.2) is 146 Å². The summed E-state index contributed by atoms with van der Waals surface area (Å²) in [7, 11) is 0. The predicted octanol–water partition coefficient (Wildman–Crippen LogP) is 11.7. The molecule has 2 heteroatoms. The van der Waals surface area contributed by atoms with Crippen molar-refractivity contribution in [1.29, 1.82) is 10.5 Å². The molecule has 0 N–H and O–H groups in total. The first kappa shape index (κ1) is 26.0. The van der Waals surface area contributed by atoms with Crippen LogP contribution in [0.4, 0.5) is 0 Å². The Labute approximate surface area is 265 Å². The fourth-order valence-corrected chi connectivity index (χ4v) is 7.61. The summed E-state index contributed by atoms with van der Waals surface area (Å²) in [6, 6.07) is 55.4. The molecule has 2 nitrogen and oxygen atoms in total. The van der Waals surface area contributed by atoms with Crippen LogP contribution in [0.25, 0.3) is 86.9 Å². The lowest BCUT2D eigenvalue weighted by Crippen LogP contribution is -1.95. The van der Waals surface area contributed by atoms with Crippen LogP contribution in [-0.2, 0) is 0 Å². The first-order valence-corrected chi connectivity index (χ1v) is 15.4. The van der Waals surface area contributed by atoms with Crippen molar-refractivity contribution in [2.75, 3.05) is 0 Å². The smallest absolute Gasteiger partial charge is 0.100 e. The average Bonchev–Trinajstić information content (AvgIpc) is 3.14. The number of rotatable bonds is 2. The SMILES string of the molecule is N#Cc1cc(-c2cccc3c4ccccc4c4ccccc4c23)c(C#N)c(-c2cccc3c4ccccc4c4ccccc4c23)c1. The normalized spacial score (nSPS) is 11.4. The van der Waals surface area contributed by atoms with Crippen molar-refractivity contribution < 1.29 is 0 Å². The summed E-state index contributed by atoms with van der Waals surface area (Å²) in [5.74, 6) is 0. The van der Waals surface area contributed by atoms with Gasteiger partial charge in [0.2, 0.25) is 0 Å². The van der Waals surface area contributed by atoms with Crippen molar-refractivity contribution in [3.05, 3.63) is 157 Å². The molecule has 0 aromatic heterocycles. The van der Waals surface area contributed by atoms with E-state index in [9.17, 15) is 10.5 Å². The Bertz CT molecular complexity index is 2560. The van der Waals surface area contributed by atoms with E-state index in [1.165, 1.54) is 32.3 Å². The maximum atomic E-state index is 11.0. The first-order chi connectivity index (χ1) is 22.8. The third kappa shape index (κ3) is 3.62. The summed E-state index contributed by atoms with van der Waals surface area (Å²) in [6.07, 6.45) is 0. The number of nitriles is 2. The zero-order chi connectivity index (χ0) is 30.8. The summed E-state index contributed by atoms with van der Waals surface area (Å²) < 4.78 is 0. The van der Waals surface area contributed by atoms with Crippen molar-refractivity contribution in [2.45, 2.75) is 0 Å². The Kier molecular flexibility index (Phi) is 5.66. The van der Waals surface area contributed by atoms with Crippen LogP contribution in [0.5, 0.6) is 0 Å². The second-order valence-corrected chi connectivity index (χ2v) is 11.8. The molecule has 0 bridgehead atoms. The molecule has 0 saturated heterocycles. The molecule has 0 unspecified atom stereocenters. The van der Waals surface area contributed by atoms with Gasteiger partial charge in [0.1, 0.15) is 6.07 Å². The third-order valence-corrected chi connectivity index (χ3v) is 9.50. The van der Waals surface area contributed by atoms with Gasteiger partial charge in [-0.25, -0.2) is 0 Å². The standard InChI is InChI=1S/C44H24N2/c45-25-27-23-40(38-21-9-19-36-32-13-3-1-11-28(32)30-15-5-7-17-34(30)43(36)38)42(26-46)41(24-27)39-22-10-20-37-33-14-4-2-12-29(33)31-16-6-8-18-35(31)44(37)39/h1-24H. The van der Waals surface area contributed by atoms with Crippen LogP contribution in [0.2, 0.25) is 0 Å². The van der Waals surface area contributed by atoms with Crippen LogP contribution in [0.3, 0.4) is 0 Å². The van der Waals surface area contributed by atoms with Crippen molar-refractivity contribution >= 4 is 64.6 Å². The number of benzene rings is 9. The van der Waals surface area contributed by atoms with Gasteiger partial charge in [-0.2, -0.15) is 10.5 Å². The van der Waals surface area contributed by atoms with Crippen molar-refractivity contribution in [3.8, 4) is 34.4 Å². The van der Waals surface area contributed by atoms with Crippen LogP contribution in [0.1, 0.15) is 11.1 Å². The second-order valence-electron chi connectivity index (χ2n) is 11.8. The van der Waals surface area contributed by atoms with Crippen molar-refractivity contribution in [3.63, 3.8) is 0 Å². The number of hydrogen-bond donors (Lipinski definition) is 0. The second kappa shape index (κ2) is 10.0. The summed E-state index contributed by atoms with van der Waals surface area (Å²) in [6.45, 7) is 0. The number of nitrogens with zero attached hydrogens (tertiary/aromatic N) is 2. The van der Waals surface area contributed by atoms with E-state index in [4.69, 9.17) is 0 Å². The van der Waals surface area contributed by atoms with Crippen LogP contribution in [-0.4, -0.2) is 0 Å². The molecule has 0 saturated carbocycles. The Morgan fingerprint density at radius 3 is 0.935 bits per heavy atom. The molecule has 0 radical (unpaired) electrons. The summed E-state index contributed by atoms with van der Waals surface area (Å²) >= 11 is 0. The highest BCUT2D eigenvalue weighted by Gasteiger charge is 2.21. The molecule has 0 aliphatic rings. The fourth-order valence-electron chi connectivity index (χ4n) is 7.61. The van der Waals surface area contributed by atoms with Gasteiger partial charge < -0.3 is 0 Å². The Morgan fingerprint density at radius 1 is 0.304 bits per heavy atom. The summed E-state index contributed by atoms with van der Waals surface area (Å²) in [5.41, 5.74) is 4.52. The molecule has 9 rings (SSSR count). The van der Waals surface area contributed by atoms with Gasteiger partial charge in [0.05, 0.1) is 17.2 Å². The van der Waals surface area contributed by atoms with E-state index >= 15 is 0 Å². The first-order valence-electron chi connectivity index (χ1n) is 15.4. The lowest BCUT2D eigenvalue weighted by molar-refractivity contribution is 1.45. The van der Waals surface area contributed by atoms with Gasteiger partial charge in [0.25, 0.3) is 0 Å². The molecule has 0 spiro atoms. The Morgan fingerprint density at radius 2 is 0.609 bits per heavy atom. The Balaban J connectivity index is 1.45. The maximum Gasteiger partial charge on any atom is 0.100 e. The van der Waals surface area contributed by atoms with Crippen molar-refractivity contribution in [1.82, 2.24) is 0 Å². The van der Waals surface area contributed by atoms with Crippen LogP contribution >= 0.6 is 0 Å². The van der Waals surface area contributed by atoms with E-state index in [2.05, 4.69) is 146 Å². The van der Waals surface area contributed by atoms with Gasteiger partial charge >= 0.3 is 0 Å². The molecular weight excluding hydrogens is 556 g/mol. The highest BCUT2D eigenvalue weighted by Crippen LogP contribution is 2.45. The minimum atomic E-state index is 0.521.